The minimum Gasteiger partial charge on any atom is -0.307 e. The van der Waals surface area contributed by atoms with E-state index in [9.17, 15) is 0 Å². The Hall–Kier alpha value is -8.92. The van der Waals surface area contributed by atoms with Crippen molar-refractivity contribution in [1.29, 1.82) is 0 Å². The minimum atomic E-state index is 0.826. The number of fused-ring (bicyclic) bond motifs is 8. The lowest BCUT2D eigenvalue weighted by molar-refractivity contribution is 1.17. The van der Waals surface area contributed by atoms with Gasteiger partial charge in [0.25, 0.3) is 0 Å². The predicted octanol–water partition coefficient (Wildman–Crippen LogP) is 17.0. The van der Waals surface area contributed by atoms with E-state index in [-0.39, 0.29) is 0 Å². The van der Waals surface area contributed by atoms with Crippen LogP contribution in [0.4, 0.5) is 0 Å². The van der Waals surface area contributed by atoms with Gasteiger partial charge in [-0.3, -0.25) is 0 Å². The van der Waals surface area contributed by atoms with Gasteiger partial charge in [0.2, 0.25) is 0 Å². The average Bonchev–Trinajstić information content (AvgIpc) is 3.75. The summed E-state index contributed by atoms with van der Waals surface area (Å²) in [4.78, 5) is 11.4. The Bertz CT molecular complexity index is 3840. The third-order valence-electron chi connectivity index (χ3n) is 13.4. The van der Waals surface area contributed by atoms with Crippen LogP contribution >= 0.6 is 0 Å². The molecule has 3 nitrogen and oxygen atoms in total. The van der Waals surface area contributed by atoms with Crippen molar-refractivity contribution in [3.63, 3.8) is 0 Å². The maximum atomic E-state index is 5.78. The molecule has 0 amide bonds. The number of para-hydroxylation sites is 1. The first kappa shape index (κ1) is 38.5. The standard InChI is InChI=1S/C64H41N3/c1-5-18-42(19-6-1)44-32-36-48(37-33-44)62-63(49-38-34-45(35-39-49)43-20-7-2-8-21-43)66-64-56(65-62)30-17-31-57(64)67-58-40-54(46-22-9-3-10-23-46)50-26-13-15-28-52(50)60(58)61-53-29-16-14-27-51(53)55(41-59(61)67)47-24-11-4-12-25-47/h1-41H. The molecule has 0 spiro atoms. The minimum absolute atomic E-state index is 0.826. The van der Waals surface area contributed by atoms with Crippen LogP contribution in [0.5, 0.6) is 0 Å². The van der Waals surface area contributed by atoms with Gasteiger partial charge in [-0.2, -0.15) is 0 Å². The molecule has 13 aromatic rings. The van der Waals surface area contributed by atoms with Crippen LogP contribution in [-0.2, 0) is 0 Å². The molecule has 0 saturated heterocycles. The van der Waals surface area contributed by atoms with Crippen molar-refractivity contribution >= 4 is 54.4 Å². The molecule has 0 atom stereocenters. The number of aromatic nitrogens is 3. The number of nitrogens with zero attached hydrogens (tertiary/aromatic N) is 3. The first-order chi connectivity index (χ1) is 33.2. The molecule has 3 heteroatoms. The van der Waals surface area contributed by atoms with E-state index in [4.69, 9.17) is 9.97 Å². The van der Waals surface area contributed by atoms with Crippen molar-refractivity contribution in [2.75, 3.05) is 0 Å². The van der Waals surface area contributed by atoms with E-state index >= 15 is 0 Å². The lowest BCUT2D eigenvalue weighted by Gasteiger charge is -2.16. The van der Waals surface area contributed by atoms with E-state index in [2.05, 4.69) is 253 Å². The van der Waals surface area contributed by atoms with Gasteiger partial charge in [0.15, 0.2) is 0 Å². The van der Waals surface area contributed by atoms with Crippen LogP contribution in [0, 0.1) is 0 Å². The number of rotatable bonds is 7. The van der Waals surface area contributed by atoms with E-state index in [1.807, 2.05) is 0 Å². The van der Waals surface area contributed by atoms with Crippen molar-refractivity contribution in [1.82, 2.24) is 14.5 Å². The van der Waals surface area contributed by atoms with Gasteiger partial charge in [0.1, 0.15) is 5.52 Å². The summed E-state index contributed by atoms with van der Waals surface area (Å²) in [6.45, 7) is 0. The summed E-state index contributed by atoms with van der Waals surface area (Å²) in [6, 6.07) is 89.2. The van der Waals surface area contributed by atoms with Gasteiger partial charge in [-0.15, -0.1) is 0 Å². The van der Waals surface area contributed by atoms with Crippen molar-refractivity contribution in [3.05, 3.63) is 249 Å². The quantitative estimate of drug-likeness (QED) is 0.160. The lowest BCUT2D eigenvalue weighted by atomic mass is 9.92. The van der Waals surface area contributed by atoms with Crippen LogP contribution < -0.4 is 0 Å². The normalized spacial score (nSPS) is 11.6. The molecule has 312 valence electrons. The Kier molecular flexibility index (Phi) is 9.17. The van der Waals surface area contributed by atoms with Crippen molar-refractivity contribution in [2.45, 2.75) is 0 Å². The Morgan fingerprint density at radius 2 is 0.627 bits per heavy atom. The van der Waals surface area contributed by atoms with Gasteiger partial charge in [-0.05, 0) is 90.3 Å². The Labute approximate surface area is 388 Å². The summed E-state index contributed by atoms with van der Waals surface area (Å²) in [5.74, 6) is 0. The van der Waals surface area contributed by atoms with Crippen LogP contribution in [0.2, 0.25) is 0 Å². The van der Waals surface area contributed by atoms with E-state index < -0.39 is 0 Å². The van der Waals surface area contributed by atoms with Gasteiger partial charge in [-0.1, -0.05) is 224 Å². The van der Waals surface area contributed by atoms with Gasteiger partial charge >= 0.3 is 0 Å². The molecule has 0 N–H and O–H groups in total. The van der Waals surface area contributed by atoms with Crippen LogP contribution in [0.15, 0.2) is 249 Å². The maximum Gasteiger partial charge on any atom is 0.113 e. The fourth-order valence-corrected chi connectivity index (χ4v) is 10.2. The molecule has 0 fully saturated rings. The van der Waals surface area contributed by atoms with E-state index in [0.29, 0.717) is 0 Å². The summed E-state index contributed by atoms with van der Waals surface area (Å²) < 4.78 is 2.47. The van der Waals surface area contributed by atoms with Crippen LogP contribution in [0.1, 0.15) is 0 Å². The topological polar surface area (TPSA) is 30.7 Å². The highest BCUT2D eigenvalue weighted by molar-refractivity contribution is 6.32. The van der Waals surface area contributed by atoms with Gasteiger partial charge < -0.3 is 4.57 Å². The molecule has 0 saturated carbocycles. The summed E-state index contributed by atoms with van der Waals surface area (Å²) in [5, 5.41) is 7.31. The molecule has 0 aliphatic heterocycles. The molecule has 0 aliphatic rings. The Balaban J connectivity index is 1.13. The van der Waals surface area contributed by atoms with Crippen LogP contribution in [0.25, 0.3) is 127 Å². The van der Waals surface area contributed by atoms with Gasteiger partial charge in [0, 0.05) is 21.9 Å². The summed E-state index contributed by atoms with van der Waals surface area (Å²) in [7, 11) is 0. The molecule has 0 radical (unpaired) electrons. The Morgan fingerprint density at radius 1 is 0.269 bits per heavy atom. The molecule has 67 heavy (non-hydrogen) atoms. The molecule has 0 unspecified atom stereocenters. The molecule has 0 bridgehead atoms. The highest BCUT2D eigenvalue weighted by Gasteiger charge is 2.24. The second-order valence-electron chi connectivity index (χ2n) is 17.2. The summed E-state index contributed by atoms with van der Waals surface area (Å²) >= 11 is 0. The van der Waals surface area contributed by atoms with E-state index in [0.717, 1.165) is 61.4 Å². The fraction of sp³-hybridized carbons (Fsp3) is 0. The van der Waals surface area contributed by atoms with Crippen molar-refractivity contribution < 1.29 is 0 Å². The second-order valence-corrected chi connectivity index (χ2v) is 17.2. The van der Waals surface area contributed by atoms with E-state index in [1.165, 1.54) is 65.7 Å². The second kappa shape index (κ2) is 16.0. The van der Waals surface area contributed by atoms with Gasteiger partial charge in [-0.25, -0.2) is 9.97 Å². The van der Waals surface area contributed by atoms with Crippen LogP contribution in [-0.4, -0.2) is 14.5 Å². The zero-order chi connectivity index (χ0) is 44.3. The molecule has 13 rings (SSSR count). The number of hydrogen-bond acceptors (Lipinski definition) is 2. The smallest absolute Gasteiger partial charge is 0.113 e. The lowest BCUT2D eigenvalue weighted by Crippen LogP contribution is -2.01. The zero-order valence-electron chi connectivity index (χ0n) is 36.5. The first-order valence-electron chi connectivity index (χ1n) is 22.9. The molecular formula is C64H41N3. The molecule has 2 aromatic heterocycles. The number of benzene rings is 11. The molecular weight excluding hydrogens is 811 g/mol. The largest absolute Gasteiger partial charge is 0.307 e. The third-order valence-corrected chi connectivity index (χ3v) is 13.4. The fourth-order valence-electron chi connectivity index (χ4n) is 10.2. The average molecular weight is 852 g/mol. The SMILES string of the molecule is c1ccc(-c2ccc(-c3nc4cccc(-n5c6cc(-c7ccccc7)c7ccccc7c6c6c7ccccc7c(-c7ccccc7)cc65)c4nc3-c3ccc(-c4ccccc4)cc3)cc2)cc1. The molecule has 2 heterocycles. The van der Waals surface area contributed by atoms with Crippen molar-refractivity contribution in [2.24, 2.45) is 0 Å². The first-order valence-corrected chi connectivity index (χ1v) is 22.9. The van der Waals surface area contributed by atoms with E-state index in [1.54, 1.807) is 0 Å². The van der Waals surface area contributed by atoms with Crippen molar-refractivity contribution in [3.8, 4) is 72.7 Å². The van der Waals surface area contributed by atoms with Crippen LogP contribution in [0.3, 0.4) is 0 Å². The number of hydrogen-bond donors (Lipinski definition) is 0. The monoisotopic (exact) mass is 851 g/mol. The van der Waals surface area contributed by atoms with Gasteiger partial charge in [0.05, 0.1) is 33.6 Å². The summed E-state index contributed by atoms with van der Waals surface area (Å²) in [5.41, 5.74) is 17.9. The predicted molar refractivity (Wildman–Crippen MR) is 282 cm³/mol. The molecule has 11 aromatic carbocycles. The highest BCUT2D eigenvalue weighted by atomic mass is 15.0. The highest BCUT2D eigenvalue weighted by Crippen LogP contribution is 2.47. The zero-order valence-corrected chi connectivity index (χ0v) is 36.5. The molecule has 0 aliphatic carbocycles. The summed E-state index contributed by atoms with van der Waals surface area (Å²) in [6.07, 6.45) is 0. The third kappa shape index (κ3) is 6.51. The Morgan fingerprint density at radius 3 is 1.07 bits per heavy atom. The maximum absolute atomic E-state index is 5.78.